The van der Waals surface area contributed by atoms with Gasteiger partial charge in [0.25, 0.3) is 0 Å². The summed E-state index contributed by atoms with van der Waals surface area (Å²) >= 11 is 0. The molecule has 30 heavy (non-hydrogen) atoms. The summed E-state index contributed by atoms with van der Waals surface area (Å²) in [6, 6.07) is 14.3. The Morgan fingerprint density at radius 1 is 1.00 bits per heavy atom. The molecule has 0 amide bonds. The number of benzene rings is 2. The molecule has 1 fully saturated rings. The first-order valence-corrected chi connectivity index (χ1v) is 11.8. The molecule has 2 heteroatoms. The van der Waals surface area contributed by atoms with Crippen molar-refractivity contribution < 1.29 is 9.90 Å². The average Bonchev–Trinajstić information content (AvgIpc) is 2.78. The second-order valence-corrected chi connectivity index (χ2v) is 8.78. The number of unbranched alkanes of at least 4 members (excludes halogenated alkanes) is 2. The third-order valence-corrected chi connectivity index (χ3v) is 6.55. The number of carboxylic acid groups (broad SMARTS) is 1. The monoisotopic (exact) mass is 404 g/mol. The molecule has 160 valence electrons. The highest BCUT2D eigenvalue weighted by atomic mass is 16.4. The summed E-state index contributed by atoms with van der Waals surface area (Å²) in [5.41, 5.74) is 4.68. The first kappa shape index (κ1) is 22.3. The molecule has 0 spiro atoms. The minimum absolute atomic E-state index is 0.393. The van der Waals surface area contributed by atoms with E-state index in [0.717, 1.165) is 35.4 Å². The van der Waals surface area contributed by atoms with Crippen LogP contribution in [0.25, 0.3) is 17.2 Å². The van der Waals surface area contributed by atoms with Crippen molar-refractivity contribution in [2.75, 3.05) is 0 Å². The highest BCUT2D eigenvalue weighted by Crippen LogP contribution is 2.39. The first-order valence-electron chi connectivity index (χ1n) is 11.8. The summed E-state index contributed by atoms with van der Waals surface area (Å²) < 4.78 is 0. The normalized spacial score (nSPS) is 19.3. The van der Waals surface area contributed by atoms with Gasteiger partial charge in [-0.1, -0.05) is 88.1 Å². The zero-order valence-corrected chi connectivity index (χ0v) is 18.6. The van der Waals surface area contributed by atoms with Crippen molar-refractivity contribution in [2.45, 2.75) is 77.6 Å². The van der Waals surface area contributed by atoms with Crippen LogP contribution < -0.4 is 0 Å². The van der Waals surface area contributed by atoms with E-state index in [0.29, 0.717) is 11.5 Å². The fraction of sp³-hybridized carbons (Fsp3) is 0.464. The molecule has 0 aromatic heterocycles. The van der Waals surface area contributed by atoms with Crippen molar-refractivity contribution in [3.05, 3.63) is 65.2 Å². The highest BCUT2D eigenvalue weighted by molar-refractivity contribution is 5.96. The fourth-order valence-electron chi connectivity index (χ4n) is 4.68. The largest absolute Gasteiger partial charge is 0.478 e. The van der Waals surface area contributed by atoms with Crippen molar-refractivity contribution in [3.63, 3.8) is 0 Å². The standard InChI is InChI=1S/C28H36O2/c1-3-5-7-9-22-12-16-24(17-13-22)27-20-25(18-19-26(27)28(29)30)23-14-10-21(11-15-23)8-6-4-2/h7,9,12-13,16-21,23H,3-6,8,10-11,14-15H2,1-2H3,(H,29,30). The van der Waals surface area contributed by atoms with Gasteiger partial charge in [0.15, 0.2) is 0 Å². The third-order valence-electron chi connectivity index (χ3n) is 6.55. The molecule has 0 heterocycles. The van der Waals surface area contributed by atoms with Crippen molar-refractivity contribution in [1.82, 2.24) is 0 Å². The lowest BCUT2D eigenvalue weighted by Crippen LogP contribution is -2.14. The Balaban J connectivity index is 1.79. The Labute approximate surface area is 182 Å². The van der Waals surface area contributed by atoms with E-state index in [1.807, 2.05) is 12.1 Å². The van der Waals surface area contributed by atoms with E-state index in [1.54, 1.807) is 0 Å². The molecule has 0 aliphatic heterocycles. The molecule has 3 rings (SSSR count). The molecule has 0 saturated heterocycles. The third kappa shape index (κ3) is 5.84. The van der Waals surface area contributed by atoms with Crippen LogP contribution in [0.5, 0.6) is 0 Å². The van der Waals surface area contributed by atoms with E-state index in [1.165, 1.54) is 50.5 Å². The van der Waals surface area contributed by atoms with Crippen LogP contribution in [0.2, 0.25) is 0 Å². The van der Waals surface area contributed by atoms with E-state index < -0.39 is 5.97 Å². The van der Waals surface area contributed by atoms with Crippen molar-refractivity contribution >= 4 is 12.0 Å². The van der Waals surface area contributed by atoms with Gasteiger partial charge in [0.1, 0.15) is 0 Å². The van der Waals surface area contributed by atoms with Crippen molar-refractivity contribution in [2.24, 2.45) is 5.92 Å². The maximum Gasteiger partial charge on any atom is 0.336 e. The number of carboxylic acids is 1. The van der Waals surface area contributed by atoms with E-state index >= 15 is 0 Å². The predicted molar refractivity (Wildman–Crippen MR) is 127 cm³/mol. The summed E-state index contributed by atoms with van der Waals surface area (Å²) in [6.07, 6.45) is 15.6. The minimum atomic E-state index is -0.855. The molecule has 2 aromatic carbocycles. The molecule has 2 aromatic rings. The van der Waals surface area contributed by atoms with Gasteiger partial charge in [-0.3, -0.25) is 0 Å². The summed E-state index contributed by atoms with van der Waals surface area (Å²) in [7, 11) is 0. The number of allylic oxidation sites excluding steroid dienone is 1. The summed E-state index contributed by atoms with van der Waals surface area (Å²) in [6.45, 7) is 4.44. The van der Waals surface area contributed by atoms with Gasteiger partial charge in [-0.2, -0.15) is 0 Å². The Kier molecular flexibility index (Phi) is 8.30. The van der Waals surface area contributed by atoms with Crippen LogP contribution in [0.4, 0.5) is 0 Å². The Morgan fingerprint density at radius 3 is 2.37 bits per heavy atom. The van der Waals surface area contributed by atoms with Gasteiger partial charge in [0, 0.05) is 0 Å². The predicted octanol–water partition coefficient (Wildman–Crippen LogP) is 8.33. The number of rotatable bonds is 9. The zero-order chi connectivity index (χ0) is 21.3. The molecule has 1 aliphatic rings. The van der Waals surface area contributed by atoms with E-state index in [4.69, 9.17) is 0 Å². The smallest absolute Gasteiger partial charge is 0.336 e. The van der Waals surface area contributed by atoms with Crippen LogP contribution in [0.1, 0.15) is 99.0 Å². The molecule has 0 atom stereocenters. The average molecular weight is 405 g/mol. The van der Waals surface area contributed by atoms with E-state index in [-0.39, 0.29) is 0 Å². The van der Waals surface area contributed by atoms with Gasteiger partial charge in [-0.25, -0.2) is 4.79 Å². The Bertz CT molecular complexity index is 839. The summed E-state index contributed by atoms with van der Waals surface area (Å²) in [4.78, 5) is 11.9. The van der Waals surface area contributed by atoms with Crippen LogP contribution >= 0.6 is 0 Å². The lowest BCUT2D eigenvalue weighted by atomic mass is 9.76. The van der Waals surface area contributed by atoms with Gasteiger partial charge in [0.05, 0.1) is 5.56 Å². The van der Waals surface area contributed by atoms with Crippen LogP contribution in [-0.2, 0) is 0 Å². The van der Waals surface area contributed by atoms with E-state index in [2.05, 4.69) is 56.3 Å². The van der Waals surface area contributed by atoms with Crippen LogP contribution in [0.15, 0.2) is 48.5 Å². The molecule has 0 bridgehead atoms. The second-order valence-electron chi connectivity index (χ2n) is 8.78. The fourth-order valence-corrected chi connectivity index (χ4v) is 4.68. The van der Waals surface area contributed by atoms with Gasteiger partial charge in [-0.05, 0) is 72.3 Å². The number of hydrogen-bond donors (Lipinski definition) is 1. The molecular weight excluding hydrogens is 368 g/mol. The molecule has 0 radical (unpaired) electrons. The van der Waals surface area contributed by atoms with Gasteiger partial charge in [0.2, 0.25) is 0 Å². The van der Waals surface area contributed by atoms with Gasteiger partial charge >= 0.3 is 5.97 Å². The molecule has 2 nitrogen and oxygen atoms in total. The Morgan fingerprint density at radius 2 is 1.73 bits per heavy atom. The highest BCUT2D eigenvalue weighted by Gasteiger charge is 2.23. The quantitative estimate of drug-likeness (QED) is 0.456. The van der Waals surface area contributed by atoms with E-state index in [9.17, 15) is 9.90 Å². The van der Waals surface area contributed by atoms with Crippen LogP contribution in [0.3, 0.4) is 0 Å². The second kappa shape index (κ2) is 11.2. The summed E-state index contributed by atoms with van der Waals surface area (Å²) in [5, 5.41) is 9.73. The summed E-state index contributed by atoms with van der Waals surface area (Å²) in [5.74, 6) is 0.583. The van der Waals surface area contributed by atoms with Crippen LogP contribution in [0, 0.1) is 5.92 Å². The molecule has 1 saturated carbocycles. The number of hydrogen-bond acceptors (Lipinski definition) is 1. The zero-order valence-electron chi connectivity index (χ0n) is 18.6. The van der Waals surface area contributed by atoms with Crippen LogP contribution in [-0.4, -0.2) is 11.1 Å². The maximum atomic E-state index is 11.9. The number of carbonyl (C=O) groups is 1. The number of aromatic carboxylic acids is 1. The first-order chi connectivity index (χ1) is 14.6. The molecule has 1 N–H and O–H groups in total. The minimum Gasteiger partial charge on any atom is -0.478 e. The lowest BCUT2D eigenvalue weighted by Gasteiger charge is -2.29. The molecule has 0 unspecified atom stereocenters. The van der Waals surface area contributed by atoms with Crippen molar-refractivity contribution in [1.29, 1.82) is 0 Å². The van der Waals surface area contributed by atoms with Gasteiger partial charge in [-0.15, -0.1) is 0 Å². The molecule has 1 aliphatic carbocycles. The SMILES string of the molecule is CCCC=Cc1ccc(-c2cc(C3CCC(CCCC)CC3)ccc2C(=O)O)cc1. The van der Waals surface area contributed by atoms with Gasteiger partial charge < -0.3 is 5.11 Å². The van der Waals surface area contributed by atoms with Crippen molar-refractivity contribution in [3.8, 4) is 11.1 Å². The molecular formula is C28H36O2. The lowest BCUT2D eigenvalue weighted by molar-refractivity contribution is 0.0697. The Hall–Kier alpha value is -2.35. The maximum absolute atomic E-state index is 11.9. The topological polar surface area (TPSA) is 37.3 Å².